The van der Waals surface area contributed by atoms with Gasteiger partial charge < -0.3 is 14.8 Å². The number of hydrogen-bond acceptors (Lipinski definition) is 3. The molecule has 1 heterocycles. The van der Waals surface area contributed by atoms with Gasteiger partial charge in [0.1, 0.15) is 5.75 Å². The van der Waals surface area contributed by atoms with E-state index in [9.17, 15) is 0 Å². The lowest BCUT2D eigenvalue weighted by Gasteiger charge is -2.30. The monoisotopic (exact) mass is 355 g/mol. The highest BCUT2D eigenvalue weighted by Gasteiger charge is 2.27. The highest BCUT2D eigenvalue weighted by atomic mass is 79.9. The molecule has 0 spiro atoms. The molecule has 21 heavy (non-hydrogen) atoms. The van der Waals surface area contributed by atoms with Crippen LogP contribution < -0.4 is 10.1 Å². The average molecular weight is 356 g/mol. The molecule has 1 aliphatic rings. The Balaban J connectivity index is 2.25. The Kier molecular flexibility index (Phi) is 6.08. The van der Waals surface area contributed by atoms with E-state index in [1.54, 1.807) is 7.11 Å². The molecular formula is C17H26BrNO2. The molecule has 4 heteroatoms. The minimum absolute atomic E-state index is 0.195. The Bertz CT molecular complexity index is 476. The summed E-state index contributed by atoms with van der Waals surface area (Å²) in [5, 5.41) is 3.58. The molecule has 0 bridgehead atoms. The number of rotatable bonds is 7. The second-order valence-corrected chi connectivity index (χ2v) is 6.88. The van der Waals surface area contributed by atoms with Crippen molar-refractivity contribution in [2.24, 2.45) is 5.92 Å². The minimum atomic E-state index is 0.195. The zero-order valence-corrected chi connectivity index (χ0v) is 15.0. The van der Waals surface area contributed by atoms with Crippen molar-refractivity contribution in [2.45, 2.75) is 45.8 Å². The second kappa shape index (κ2) is 7.61. The average Bonchev–Trinajstić information content (AvgIpc) is 2.87. The van der Waals surface area contributed by atoms with E-state index >= 15 is 0 Å². The summed E-state index contributed by atoms with van der Waals surface area (Å²) in [4.78, 5) is 0. The van der Waals surface area contributed by atoms with E-state index in [0.29, 0.717) is 12.0 Å². The Morgan fingerprint density at radius 3 is 2.76 bits per heavy atom. The first kappa shape index (κ1) is 16.8. The van der Waals surface area contributed by atoms with Crippen LogP contribution in [0.1, 0.15) is 31.9 Å². The van der Waals surface area contributed by atoms with Gasteiger partial charge in [-0.2, -0.15) is 0 Å². The van der Waals surface area contributed by atoms with Crippen LogP contribution in [0.25, 0.3) is 0 Å². The Labute approximate surface area is 136 Å². The van der Waals surface area contributed by atoms with Gasteiger partial charge in [0.2, 0.25) is 0 Å². The SMILES string of the molecule is CCNC(Cc1cc(Br)cc2c1OCC2)C(OC)C(C)C. The van der Waals surface area contributed by atoms with E-state index in [0.717, 1.165) is 36.2 Å². The fourth-order valence-electron chi connectivity index (χ4n) is 3.20. The maximum absolute atomic E-state index is 5.85. The Morgan fingerprint density at radius 1 is 1.38 bits per heavy atom. The third-order valence-corrected chi connectivity index (χ3v) is 4.52. The number of nitrogens with one attached hydrogen (secondary N) is 1. The second-order valence-electron chi connectivity index (χ2n) is 5.96. The first-order valence-electron chi connectivity index (χ1n) is 7.77. The largest absolute Gasteiger partial charge is 0.493 e. The van der Waals surface area contributed by atoms with Gasteiger partial charge in [-0.1, -0.05) is 36.7 Å². The van der Waals surface area contributed by atoms with Crippen molar-refractivity contribution < 1.29 is 9.47 Å². The molecule has 0 fully saturated rings. The van der Waals surface area contributed by atoms with Crippen molar-refractivity contribution in [1.82, 2.24) is 5.32 Å². The Morgan fingerprint density at radius 2 is 2.14 bits per heavy atom. The standard InChI is InChI=1S/C17H26BrNO2/c1-5-19-15(16(20-4)11(2)3)10-13-9-14(18)8-12-6-7-21-17(12)13/h8-9,11,15-16,19H,5-7,10H2,1-4H3. The molecule has 1 aromatic carbocycles. The summed E-state index contributed by atoms with van der Waals surface area (Å²) >= 11 is 3.62. The summed E-state index contributed by atoms with van der Waals surface area (Å²) in [6.45, 7) is 8.29. The van der Waals surface area contributed by atoms with Crippen molar-refractivity contribution in [1.29, 1.82) is 0 Å². The van der Waals surface area contributed by atoms with Gasteiger partial charge in [-0.05, 0) is 42.1 Å². The van der Waals surface area contributed by atoms with Gasteiger partial charge in [0.25, 0.3) is 0 Å². The van der Waals surface area contributed by atoms with Gasteiger partial charge in [-0.15, -0.1) is 0 Å². The zero-order valence-electron chi connectivity index (χ0n) is 13.4. The maximum atomic E-state index is 5.85. The lowest BCUT2D eigenvalue weighted by atomic mass is 9.92. The number of fused-ring (bicyclic) bond motifs is 1. The molecular weight excluding hydrogens is 330 g/mol. The van der Waals surface area contributed by atoms with Crippen molar-refractivity contribution in [2.75, 3.05) is 20.3 Å². The van der Waals surface area contributed by atoms with E-state index in [1.165, 1.54) is 11.1 Å². The van der Waals surface area contributed by atoms with E-state index in [1.807, 2.05) is 0 Å². The summed E-state index contributed by atoms with van der Waals surface area (Å²) in [6, 6.07) is 4.65. The summed E-state index contributed by atoms with van der Waals surface area (Å²) in [5.41, 5.74) is 2.58. The first-order valence-corrected chi connectivity index (χ1v) is 8.56. The topological polar surface area (TPSA) is 30.5 Å². The molecule has 1 N–H and O–H groups in total. The van der Waals surface area contributed by atoms with Crippen LogP contribution in [0.5, 0.6) is 5.75 Å². The molecule has 0 saturated carbocycles. The highest BCUT2D eigenvalue weighted by Crippen LogP contribution is 2.34. The van der Waals surface area contributed by atoms with Gasteiger partial charge in [0.15, 0.2) is 0 Å². The van der Waals surface area contributed by atoms with Gasteiger partial charge in [-0.3, -0.25) is 0 Å². The van der Waals surface area contributed by atoms with E-state index in [-0.39, 0.29) is 6.10 Å². The third-order valence-electron chi connectivity index (χ3n) is 4.06. The van der Waals surface area contributed by atoms with Crippen LogP contribution in [-0.2, 0) is 17.6 Å². The molecule has 0 aliphatic carbocycles. The van der Waals surface area contributed by atoms with Crippen molar-refractivity contribution in [3.63, 3.8) is 0 Å². The van der Waals surface area contributed by atoms with Crippen LogP contribution in [0.3, 0.4) is 0 Å². The normalized spacial score (nSPS) is 16.7. The maximum Gasteiger partial charge on any atom is 0.125 e. The van der Waals surface area contributed by atoms with Crippen LogP contribution in [0.4, 0.5) is 0 Å². The van der Waals surface area contributed by atoms with Gasteiger partial charge in [0, 0.05) is 24.0 Å². The molecule has 0 aromatic heterocycles. The van der Waals surface area contributed by atoms with Crippen molar-refractivity contribution in [3.8, 4) is 5.75 Å². The van der Waals surface area contributed by atoms with Gasteiger partial charge in [0.05, 0.1) is 12.7 Å². The third kappa shape index (κ3) is 3.99. The number of halogens is 1. The number of methoxy groups -OCH3 is 1. The molecule has 1 aromatic rings. The van der Waals surface area contributed by atoms with Crippen LogP contribution in [0.2, 0.25) is 0 Å². The van der Waals surface area contributed by atoms with E-state index in [2.05, 4.69) is 54.2 Å². The summed E-state index contributed by atoms with van der Waals surface area (Å²) in [5.74, 6) is 1.56. The molecule has 118 valence electrons. The number of hydrogen-bond donors (Lipinski definition) is 1. The lowest BCUT2D eigenvalue weighted by molar-refractivity contribution is 0.0335. The molecule has 0 radical (unpaired) electrons. The van der Waals surface area contributed by atoms with Crippen LogP contribution >= 0.6 is 15.9 Å². The number of likely N-dealkylation sites (N-methyl/N-ethyl adjacent to an activating group) is 1. The predicted molar refractivity (Wildman–Crippen MR) is 90.1 cm³/mol. The fraction of sp³-hybridized carbons (Fsp3) is 0.647. The smallest absolute Gasteiger partial charge is 0.125 e. The zero-order chi connectivity index (χ0) is 15.4. The molecule has 0 amide bonds. The molecule has 0 saturated heterocycles. The fourth-order valence-corrected chi connectivity index (χ4v) is 3.75. The Hall–Kier alpha value is -0.580. The van der Waals surface area contributed by atoms with Crippen LogP contribution in [0.15, 0.2) is 16.6 Å². The number of benzene rings is 1. The predicted octanol–water partition coefficient (Wildman–Crippen LogP) is 3.58. The van der Waals surface area contributed by atoms with Gasteiger partial charge >= 0.3 is 0 Å². The quantitative estimate of drug-likeness (QED) is 0.810. The van der Waals surface area contributed by atoms with Crippen LogP contribution in [-0.4, -0.2) is 32.4 Å². The van der Waals surface area contributed by atoms with E-state index in [4.69, 9.17) is 9.47 Å². The summed E-state index contributed by atoms with van der Waals surface area (Å²) < 4.78 is 12.7. The molecule has 1 aliphatic heterocycles. The molecule has 2 atom stereocenters. The summed E-state index contributed by atoms with van der Waals surface area (Å²) in [7, 11) is 1.80. The molecule has 2 unspecified atom stereocenters. The first-order chi connectivity index (χ1) is 10.1. The van der Waals surface area contributed by atoms with E-state index < -0.39 is 0 Å². The van der Waals surface area contributed by atoms with Crippen molar-refractivity contribution in [3.05, 3.63) is 27.7 Å². The van der Waals surface area contributed by atoms with Gasteiger partial charge in [-0.25, -0.2) is 0 Å². The summed E-state index contributed by atoms with van der Waals surface area (Å²) in [6.07, 6.45) is 2.12. The van der Waals surface area contributed by atoms with Crippen molar-refractivity contribution >= 4 is 15.9 Å². The molecule has 2 rings (SSSR count). The highest BCUT2D eigenvalue weighted by molar-refractivity contribution is 9.10. The van der Waals surface area contributed by atoms with Crippen LogP contribution in [0, 0.1) is 5.92 Å². The minimum Gasteiger partial charge on any atom is -0.493 e. The molecule has 3 nitrogen and oxygen atoms in total. The lowest BCUT2D eigenvalue weighted by Crippen LogP contribution is -2.45. The number of ether oxygens (including phenoxy) is 2.